The molecule has 2 saturated heterocycles. The Bertz CT molecular complexity index is 1220. The summed E-state index contributed by atoms with van der Waals surface area (Å²) >= 11 is 0. The zero-order valence-electron chi connectivity index (χ0n) is 19.0. The van der Waals surface area contributed by atoms with Gasteiger partial charge in [-0.3, -0.25) is 14.5 Å². The third-order valence-corrected chi connectivity index (χ3v) is 6.31. The molecule has 2 aliphatic rings. The molecule has 2 N–H and O–H groups in total. The van der Waals surface area contributed by atoms with Crippen molar-refractivity contribution in [2.45, 2.75) is 32.9 Å². The summed E-state index contributed by atoms with van der Waals surface area (Å²) in [7, 11) is 0. The van der Waals surface area contributed by atoms with E-state index in [-0.39, 0.29) is 17.5 Å². The molecule has 0 atom stereocenters. The van der Waals surface area contributed by atoms with Gasteiger partial charge in [-0.05, 0) is 37.1 Å². The van der Waals surface area contributed by atoms with Gasteiger partial charge in [-0.25, -0.2) is 9.50 Å². The number of piperazine rings is 1. The van der Waals surface area contributed by atoms with Crippen LogP contribution in [0.2, 0.25) is 0 Å². The van der Waals surface area contributed by atoms with Crippen LogP contribution in [0.4, 0.5) is 5.69 Å². The minimum Gasteiger partial charge on any atom is -0.377 e. The van der Waals surface area contributed by atoms with Gasteiger partial charge in [-0.1, -0.05) is 6.92 Å². The molecule has 0 saturated carbocycles. The molecule has 5 rings (SSSR count). The summed E-state index contributed by atoms with van der Waals surface area (Å²) in [6.07, 6.45) is 2.60. The van der Waals surface area contributed by atoms with E-state index in [1.165, 1.54) is 0 Å². The first-order valence-electron chi connectivity index (χ1n) is 11.4. The van der Waals surface area contributed by atoms with Crippen molar-refractivity contribution < 1.29 is 9.53 Å². The molecule has 3 aromatic heterocycles. The SMILES string of the molecule is CCc1nn2cc(CN3CCN(c4ccc(C(=O)NC5COC5)nc4C)CC3)cc2[nH]c1=O. The number of rotatable bonds is 6. The Kier molecular flexibility index (Phi) is 5.86. The lowest BCUT2D eigenvalue weighted by Gasteiger charge is -2.36. The van der Waals surface area contributed by atoms with E-state index >= 15 is 0 Å². The smallest absolute Gasteiger partial charge is 0.273 e. The molecule has 0 aromatic carbocycles. The molecule has 174 valence electrons. The molecular formula is C23H29N7O3. The Morgan fingerprint density at radius 1 is 1.24 bits per heavy atom. The van der Waals surface area contributed by atoms with Gasteiger partial charge in [-0.2, -0.15) is 5.10 Å². The van der Waals surface area contributed by atoms with Crippen LogP contribution in [0, 0.1) is 6.92 Å². The topological polar surface area (TPSA) is 108 Å². The first kappa shape index (κ1) is 21.6. The van der Waals surface area contributed by atoms with Gasteiger partial charge in [0.25, 0.3) is 11.5 Å². The van der Waals surface area contributed by atoms with Crippen molar-refractivity contribution >= 4 is 17.2 Å². The fourth-order valence-corrected chi connectivity index (χ4v) is 4.36. The van der Waals surface area contributed by atoms with Crippen LogP contribution in [0.1, 0.15) is 34.4 Å². The molecule has 0 radical (unpaired) electrons. The molecule has 3 aromatic rings. The lowest BCUT2D eigenvalue weighted by Crippen LogP contribution is -2.48. The number of ether oxygens (including phenoxy) is 1. The summed E-state index contributed by atoms with van der Waals surface area (Å²) in [6.45, 7) is 9.43. The molecule has 2 aliphatic heterocycles. The van der Waals surface area contributed by atoms with E-state index in [0.29, 0.717) is 31.0 Å². The monoisotopic (exact) mass is 451 g/mol. The van der Waals surface area contributed by atoms with Crippen LogP contribution in [0.3, 0.4) is 0 Å². The second-order valence-corrected chi connectivity index (χ2v) is 8.70. The summed E-state index contributed by atoms with van der Waals surface area (Å²) in [6, 6.07) is 5.89. The maximum Gasteiger partial charge on any atom is 0.273 e. The molecule has 10 heteroatoms. The van der Waals surface area contributed by atoms with Gasteiger partial charge in [0.15, 0.2) is 0 Å². The van der Waals surface area contributed by atoms with Crippen molar-refractivity contribution in [3.8, 4) is 0 Å². The number of hydrogen-bond donors (Lipinski definition) is 2. The Hall–Kier alpha value is -3.24. The van der Waals surface area contributed by atoms with Crippen LogP contribution in [0.15, 0.2) is 29.2 Å². The highest BCUT2D eigenvalue weighted by molar-refractivity contribution is 5.93. The van der Waals surface area contributed by atoms with Gasteiger partial charge in [-0.15, -0.1) is 0 Å². The molecule has 0 aliphatic carbocycles. The van der Waals surface area contributed by atoms with Crippen LogP contribution in [0.5, 0.6) is 0 Å². The van der Waals surface area contributed by atoms with Crippen molar-refractivity contribution in [2.24, 2.45) is 0 Å². The first-order valence-corrected chi connectivity index (χ1v) is 11.4. The molecule has 0 bridgehead atoms. The predicted octanol–water partition coefficient (Wildman–Crippen LogP) is 0.739. The van der Waals surface area contributed by atoms with Crippen molar-refractivity contribution in [1.82, 2.24) is 29.8 Å². The minimum absolute atomic E-state index is 0.0931. The van der Waals surface area contributed by atoms with Crippen LogP contribution in [-0.2, 0) is 17.7 Å². The quantitative estimate of drug-likeness (QED) is 0.569. The zero-order chi connectivity index (χ0) is 22.9. The van der Waals surface area contributed by atoms with Gasteiger partial charge >= 0.3 is 0 Å². The number of aromatic amines is 1. The van der Waals surface area contributed by atoms with Crippen LogP contribution >= 0.6 is 0 Å². The maximum absolute atomic E-state index is 12.3. The van der Waals surface area contributed by atoms with Gasteiger partial charge in [0.05, 0.1) is 30.6 Å². The minimum atomic E-state index is -0.149. The second kappa shape index (κ2) is 8.95. The number of carbonyl (C=O) groups excluding carboxylic acids is 1. The number of H-pyrrole nitrogens is 1. The van der Waals surface area contributed by atoms with E-state index in [9.17, 15) is 9.59 Å². The van der Waals surface area contributed by atoms with E-state index in [1.54, 1.807) is 10.6 Å². The highest BCUT2D eigenvalue weighted by atomic mass is 16.5. The summed E-state index contributed by atoms with van der Waals surface area (Å²) in [5.74, 6) is -0.149. The van der Waals surface area contributed by atoms with Gasteiger partial charge in [0.2, 0.25) is 0 Å². The van der Waals surface area contributed by atoms with Crippen molar-refractivity contribution in [3.63, 3.8) is 0 Å². The van der Waals surface area contributed by atoms with Gasteiger partial charge in [0.1, 0.15) is 17.0 Å². The molecular weight excluding hydrogens is 422 g/mol. The molecule has 10 nitrogen and oxygen atoms in total. The highest BCUT2D eigenvalue weighted by Gasteiger charge is 2.23. The normalized spacial score (nSPS) is 17.3. The number of carbonyl (C=O) groups is 1. The van der Waals surface area contributed by atoms with E-state index < -0.39 is 0 Å². The maximum atomic E-state index is 12.3. The van der Waals surface area contributed by atoms with Gasteiger partial charge in [0, 0.05) is 38.9 Å². The fourth-order valence-electron chi connectivity index (χ4n) is 4.36. The Morgan fingerprint density at radius 2 is 2.03 bits per heavy atom. The molecule has 0 unspecified atom stereocenters. The number of hydrogen-bond acceptors (Lipinski definition) is 7. The summed E-state index contributed by atoms with van der Waals surface area (Å²) in [5, 5.41) is 7.35. The number of aryl methyl sites for hydroxylation is 2. The number of pyridine rings is 1. The molecule has 2 fully saturated rings. The van der Waals surface area contributed by atoms with Crippen LogP contribution < -0.4 is 15.8 Å². The van der Waals surface area contributed by atoms with E-state index in [1.807, 2.05) is 32.2 Å². The average Bonchev–Trinajstić information content (AvgIpc) is 3.17. The number of nitrogens with one attached hydrogen (secondary N) is 2. The van der Waals surface area contributed by atoms with E-state index in [0.717, 1.165) is 55.3 Å². The fraction of sp³-hybridized carbons (Fsp3) is 0.478. The Morgan fingerprint density at radius 3 is 2.70 bits per heavy atom. The summed E-state index contributed by atoms with van der Waals surface area (Å²) in [5.41, 5.74) is 4.66. The number of nitrogens with zero attached hydrogens (tertiary/aromatic N) is 5. The molecule has 1 amide bonds. The number of aromatic nitrogens is 4. The third-order valence-electron chi connectivity index (χ3n) is 6.31. The van der Waals surface area contributed by atoms with Crippen molar-refractivity contribution in [2.75, 3.05) is 44.3 Å². The molecule has 5 heterocycles. The van der Waals surface area contributed by atoms with E-state index in [2.05, 4.69) is 30.2 Å². The lowest BCUT2D eigenvalue weighted by molar-refractivity contribution is -0.00355. The Labute approximate surface area is 191 Å². The Balaban J connectivity index is 1.20. The van der Waals surface area contributed by atoms with Gasteiger partial charge < -0.3 is 19.9 Å². The summed E-state index contributed by atoms with van der Waals surface area (Å²) in [4.78, 5) is 36.5. The lowest BCUT2D eigenvalue weighted by atomic mass is 10.2. The summed E-state index contributed by atoms with van der Waals surface area (Å²) < 4.78 is 6.87. The predicted molar refractivity (Wildman–Crippen MR) is 124 cm³/mol. The molecule has 0 spiro atoms. The van der Waals surface area contributed by atoms with Crippen molar-refractivity contribution in [1.29, 1.82) is 0 Å². The second-order valence-electron chi connectivity index (χ2n) is 8.70. The first-order chi connectivity index (χ1) is 16.0. The standard InChI is InChI=1S/C23H29N7O3/c1-3-18-22(31)26-21-10-16(12-30(21)27-18)11-28-6-8-29(9-7-28)20-5-4-19(24-15(20)2)23(32)25-17-13-33-14-17/h4-5,10,12,17H,3,6-9,11,13-14H2,1-2H3,(H,25,32)(H,26,31). The van der Waals surface area contributed by atoms with Crippen molar-refractivity contribution in [3.05, 3.63) is 57.4 Å². The highest BCUT2D eigenvalue weighted by Crippen LogP contribution is 2.21. The molecule has 33 heavy (non-hydrogen) atoms. The van der Waals surface area contributed by atoms with E-state index in [4.69, 9.17) is 4.74 Å². The number of fused-ring (bicyclic) bond motifs is 1. The number of anilines is 1. The number of amides is 1. The largest absolute Gasteiger partial charge is 0.377 e. The average molecular weight is 452 g/mol. The van der Waals surface area contributed by atoms with Crippen LogP contribution in [0.25, 0.3) is 5.65 Å². The van der Waals surface area contributed by atoms with Crippen LogP contribution in [-0.4, -0.2) is 75.8 Å². The zero-order valence-corrected chi connectivity index (χ0v) is 19.0. The third kappa shape index (κ3) is 4.49.